The predicted octanol–water partition coefficient (Wildman–Crippen LogP) is 1.75. The average Bonchev–Trinajstić information content (AvgIpc) is 2.70. The highest BCUT2D eigenvalue weighted by Crippen LogP contribution is 2.07. The topological polar surface area (TPSA) is 83.4 Å². The summed E-state index contributed by atoms with van der Waals surface area (Å²) in [6.07, 6.45) is 4.04. The third-order valence-electron chi connectivity index (χ3n) is 4.70. The molecule has 0 aliphatic carbocycles. The number of carbonyl (C=O) groups excluding carboxylic acids is 2. The van der Waals surface area contributed by atoms with Crippen LogP contribution in [0.5, 0.6) is 0 Å². The third kappa shape index (κ3) is 7.34. The lowest BCUT2D eigenvalue weighted by Gasteiger charge is -2.20. The first-order chi connectivity index (χ1) is 14.0. The van der Waals surface area contributed by atoms with E-state index in [-0.39, 0.29) is 36.9 Å². The summed E-state index contributed by atoms with van der Waals surface area (Å²) in [5.74, 6) is -0.367. The monoisotopic (exact) mass is 400 g/mol. The van der Waals surface area contributed by atoms with Crippen LogP contribution in [0.1, 0.15) is 33.1 Å². The average molecular weight is 401 g/mol. The van der Waals surface area contributed by atoms with E-state index >= 15 is 0 Å². The van der Waals surface area contributed by atoms with Gasteiger partial charge < -0.3 is 20.1 Å². The van der Waals surface area contributed by atoms with Crippen molar-refractivity contribution in [2.45, 2.75) is 39.7 Å². The highest BCUT2D eigenvalue weighted by molar-refractivity contribution is 5.82. The van der Waals surface area contributed by atoms with Gasteiger partial charge in [0.2, 0.25) is 11.8 Å². The minimum atomic E-state index is -0.285. The zero-order valence-corrected chi connectivity index (χ0v) is 17.4. The number of pyridine rings is 1. The summed E-state index contributed by atoms with van der Waals surface area (Å²) in [6.45, 7) is 8.01. The zero-order valence-electron chi connectivity index (χ0n) is 17.4. The van der Waals surface area contributed by atoms with Crippen LogP contribution >= 0.6 is 0 Å². The minimum absolute atomic E-state index is 0.0612. The van der Waals surface area contributed by atoms with E-state index in [2.05, 4.69) is 29.4 Å². The summed E-state index contributed by atoms with van der Waals surface area (Å²) in [4.78, 5) is 38.8. The van der Waals surface area contributed by atoms with E-state index in [1.54, 1.807) is 18.3 Å². The lowest BCUT2D eigenvalue weighted by atomic mass is 10.2. The first kappa shape index (κ1) is 22.6. The fourth-order valence-electron chi connectivity index (χ4n) is 3.29. The first-order valence-corrected chi connectivity index (χ1v) is 10.4. The molecule has 7 nitrogen and oxygen atoms in total. The molecule has 1 aromatic heterocycles. The fraction of sp³-hybridized carbons (Fsp3) is 0.500. The van der Waals surface area contributed by atoms with Gasteiger partial charge in [-0.25, -0.2) is 0 Å². The third-order valence-corrected chi connectivity index (χ3v) is 4.70. The molecule has 0 spiro atoms. The molecule has 0 saturated carbocycles. The Balaban J connectivity index is 1.71. The lowest BCUT2D eigenvalue weighted by Crippen LogP contribution is -2.38. The lowest BCUT2D eigenvalue weighted by molar-refractivity contribution is -0.122. The molecule has 0 aliphatic rings. The van der Waals surface area contributed by atoms with E-state index in [1.807, 2.05) is 18.2 Å². The molecule has 0 aliphatic heterocycles. The van der Waals surface area contributed by atoms with E-state index < -0.39 is 0 Å². The van der Waals surface area contributed by atoms with Crippen LogP contribution in [0, 0.1) is 0 Å². The molecular weight excluding hydrogens is 368 g/mol. The number of rotatable bonds is 12. The van der Waals surface area contributed by atoms with Gasteiger partial charge in [-0.2, -0.15) is 0 Å². The van der Waals surface area contributed by atoms with Crippen molar-refractivity contribution in [3.05, 3.63) is 46.9 Å². The number of amides is 2. The van der Waals surface area contributed by atoms with Crippen LogP contribution in [-0.2, 0) is 16.1 Å². The van der Waals surface area contributed by atoms with Crippen LogP contribution in [0.3, 0.4) is 0 Å². The van der Waals surface area contributed by atoms with Crippen molar-refractivity contribution in [3.63, 3.8) is 0 Å². The maximum atomic E-state index is 12.4. The molecule has 1 aromatic carbocycles. The van der Waals surface area contributed by atoms with Gasteiger partial charge in [0.15, 0.2) is 0 Å². The van der Waals surface area contributed by atoms with E-state index in [0.717, 1.165) is 37.9 Å². The van der Waals surface area contributed by atoms with Crippen LogP contribution < -0.4 is 16.2 Å². The number of carbonyl (C=O) groups is 2. The number of fused-ring (bicyclic) bond motifs is 1. The molecule has 1 heterocycles. The number of nitrogens with zero attached hydrogens (tertiary/aromatic N) is 2. The zero-order chi connectivity index (χ0) is 21.1. The maximum absolute atomic E-state index is 12.4. The fourth-order valence-corrected chi connectivity index (χ4v) is 3.29. The van der Waals surface area contributed by atoms with Crippen LogP contribution in [-0.4, -0.2) is 54.0 Å². The molecule has 2 amide bonds. The molecule has 158 valence electrons. The Morgan fingerprint density at radius 1 is 0.931 bits per heavy atom. The molecular formula is C22H32N4O3. The van der Waals surface area contributed by atoms with Gasteiger partial charge >= 0.3 is 0 Å². The van der Waals surface area contributed by atoms with E-state index in [1.165, 1.54) is 4.57 Å². The van der Waals surface area contributed by atoms with Crippen molar-refractivity contribution in [1.82, 2.24) is 20.1 Å². The Hall–Kier alpha value is -2.67. The van der Waals surface area contributed by atoms with Gasteiger partial charge in [-0.15, -0.1) is 0 Å². The Morgan fingerprint density at radius 3 is 2.34 bits per heavy atom. The highest BCUT2D eigenvalue weighted by atomic mass is 16.2. The number of nitrogens with one attached hydrogen (secondary N) is 2. The van der Waals surface area contributed by atoms with Crippen LogP contribution in [0.25, 0.3) is 10.8 Å². The molecule has 2 N–H and O–H groups in total. The van der Waals surface area contributed by atoms with E-state index in [4.69, 9.17) is 0 Å². The SMILES string of the molecule is CCCN(CCC)CCNC(=O)CCNC(=O)Cn1ccc2ccccc2c1=O. The summed E-state index contributed by atoms with van der Waals surface area (Å²) in [5.41, 5.74) is -0.195. The molecule has 2 aromatic rings. The van der Waals surface area contributed by atoms with Crippen LogP contribution in [0.15, 0.2) is 41.3 Å². The summed E-state index contributed by atoms with van der Waals surface area (Å²) in [5, 5.41) is 7.04. The highest BCUT2D eigenvalue weighted by Gasteiger charge is 2.08. The Labute approximate surface area is 172 Å². The van der Waals surface area contributed by atoms with Crippen molar-refractivity contribution >= 4 is 22.6 Å². The second kappa shape index (κ2) is 12.0. The summed E-state index contributed by atoms with van der Waals surface area (Å²) in [7, 11) is 0. The molecule has 0 atom stereocenters. The summed E-state index contributed by atoms with van der Waals surface area (Å²) in [6, 6.07) is 9.10. The molecule has 0 saturated heterocycles. The molecule has 0 unspecified atom stereocenters. The van der Waals surface area contributed by atoms with Crippen molar-refractivity contribution < 1.29 is 9.59 Å². The van der Waals surface area contributed by atoms with Gasteiger partial charge in [0.25, 0.3) is 5.56 Å². The van der Waals surface area contributed by atoms with Crippen molar-refractivity contribution in [2.24, 2.45) is 0 Å². The molecule has 0 bridgehead atoms. The Bertz CT molecular complexity index is 857. The molecule has 2 rings (SSSR count). The molecule has 7 heteroatoms. The van der Waals surface area contributed by atoms with Gasteiger partial charge in [0.1, 0.15) is 6.54 Å². The van der Waals surface area contributed by atoms with Gasteiger partial charge in [0.05, 0.1) is 0 Å². The molecule has 29 heavy (non-hydrogen) atoms. The number of hydrogen-bond donors (Lipinski definition) is 2. The second-order valence-corrected chi connectivity index (χ2v) is 7.13. The number of aromatic nitrogens is 1. The van der Waals surface area contributed by atoms with Crippen molar-refractivity contribution in [3.8, 4) is 0 Å². The number of benzene rings is 1. The van der Waals surface area contributed by atoms with Crippen molar-refractivity contribution in [1.29, 1.82) is 0 Å². The van der Waals surface area contributed by atoms with Crippen LogP contribution in [0.2, 0.25) is 0 Å². The maximum Gasteiger partial charge on any atom is 0.258 e. The predicted molar refractivity (Wildman–Crippen MR) is 116 cm³/mol. The normalized spacial score (nSPS) is 11.0. The van der Waals surface area contributed by atoms with Gasteiger partial charge in [-0.3, -0.25) is 14.4 Å². The summed E-state index contributed by atoms with van der Waals surface area (Å²) < 4.78 is 1.38. The van der Waals surface area contributed by atoms with Crippen LogP contribution in [0.4, 0.5) is 0 Å². The van der Waals surface area contributed by atoms with Gasteiger partial charge in [-0.05, 0) is 43.5 Å². The van der Waals surface area contributed by atoms with E-state index in [0.29, 0.717) is 11.9 Å². The Morgan fingerprint density at radius 2 is 1.62 bits per heavy atom. The number of hydrogen-bond acceptors (Lipinski definition) is 4. The minimum Gasteiger partial charge on any atom is -0.355 e. The van der Waals surface area contributed by atoms with Crippen molar-refractivity contribution in [2.75, 3.05) is 32.7 Å². The smallest absolute Gasteiger partial charge is 0.258 e. The second-order valence-electron chi connectivity index (χ2n) is 7.13. The largest absolute Gasteiger partial charge is 0.355 e. The Kier molecular flexibility index (Phi) is 9.37. The standard InChI is InChI=1S/C22H32N4O3/c1-3-13-25(14-4-2)16-12-24-20(27)9-11-23-21(28)17-26-15-10-18-7-5-6-8-19(18)22(26)29/h5-8,10,15H,3-4,9,11-14,16-17H2,1-2H3,(H,23,28)(H,24,27). The molecule has 0 radical (unpaired) electrons. The summed E-state index contributed by atoms with van der Waals surface area (Å²) >= 11 is 0. The first-order valence-electron chi connectivity index (χ1n) is 10.4. The molecule has 0 fully saturated rings. The van der Waals surface area contributed by atoms with Gasteiger partial charge in [-0.1, -0.05) is 32.0 Å². The van der Waals surface area contributed by atoms with Gasteiger partial charge in [0, 0.05) is 37.6 Å². The quantitative estimate of drug-likeness (QED) is 0.569. The van der Waals surface area contributed by atoms with E-state index in [9.17, 15) is 14.4 Å².